The van der Waals surface area contributed by atoms with E-state index in [1.54, 1.807) is 6.20 Å². The zero-order valence-corrected chi connectivity index (χ0v) is 26.5. The minimum Gasteiger partial charge on any atom is -0.489 e. The predicted molar refractivity (Wildman–Crippen MR) is 181 cm³/mol. The number of primary amides is 1. The van der Waals surface area contributed by atoms with E-state index < -0.39 is 30.0 Å². The van der Waals surface area contributed by atoms with Crippen LogP contribution in [0.3, 0.4) is 0 Å². The van der Waals surface area contributed by atoms with E-state index in [1.807, 2.05) is 115 Å². The number of nitrogens with zero attached hydrogens (tertiary/aromatic N) is 2. The summed E-state index contributed by atoms with van der Waals surface area (Å²) in [5, 5.41) is 2.73. The van der Waals surface area contributed by atoms with E-state index in [0.717, 1.165) is 22.3 Å². The van der Waals surface area contributed by atoms with Crippen LogP contribution in [-0.4, -0.2) is 44.9 Å². The third-order valence-corrected chi connectivity index (χ3v) is 7.84. The topological polar surface area (TPSA) is 140 Å². The molecule has 0 fully saturated rings. The summed E-state index contributed by atoms with van der Waals surface area (Å²) in [5.74, 6) is -0.465. The highest BCUT2D eigenvalue weighted by Gasteiger charge is 2.34. The lowest BCUT2D eigenvalue weighted by molar-refractivity contribution is -0.142. The minimum atomic E-state index is -1.08. The highest BCUT2D eigenvalue weighted by Crippen LogP contribution is 2.20. The number of ether oxygens (including phenoxy) is 2. The van der Waals surface area contributed by atoms with Crippen LogP contribution < -0.4 is 15.8 Å². The second-order valence-corrected chi connectivity index (χ2v) is 11.4. The lowest BCUT2D eigenvalue weighted by atomic mass is 10.0. The molecule has 246 valence electrons. The van der Waals surface area contributed by atoms with E-state index in [9.17, 15) is 14.4 Å². The van der Waals surface area contributed by atoms with Crippen LogP contribution in [0.5, 0.6) is 5.75 Å². The molecule has 0 saturated heterocycles. The Hall–Kier alpha value is -5.90. The molecule has 0 spiro atoms. The number of hydrogen-bond acceptors (Lipinski definition) is 6. The van der Waals surface area contributed by atoms with Crippen LogP contribution in [0.25, 0.3) is 0 Å². The van der Waals surface area contributed by atoms with Gasteiger partial charge in [-0.2, -0.15) is 0 Å². The molecule has 0 aliphatic rings. The third-order valence-electron chi connectivity index (χ3n) is 7.84. The lowest BCUT2D eigenvalue weighted by Crippen LogP contribution is -2.55. The van der Waals surface area contributed by atoms with Crippen LogP contribution in [0.15, 0.2) is 128 Å². The molecule has 3 amide bonds. The maximum absolute atomic E-state index is 14.5. The summed E-state index contributed by atoms with van der Waals surface area (Å²) in [5.41, 5.74) is 10.2. The van der Waals surface area contributed by atoms with E-state index in [-0.39, 0.29) is 19.6 Å². The first-order valence-corrected chi connectivity index (χ1v) is 15.8. The number of alkyl carbamates (subject to hydrolysis) is 1. The van der Waals surface area contributed by atoms with Crippen LogP contribution in [-0.2, 0) is 46.9 Å². The number of aryl methyl sites for hydroxylation is 1. The number of aromatic nitrogens is 2. The monoisotopic (exact) mass is 645 g/mol. The number of amides is 3. The van der Waals surface area contributed by atoms with Crippen LogP contribution >= 0.6 is 0 Å². The summed E-state index contributed by atoms with van der Waals surface area (Å²) < 4.78 is 11.4. The van der Waals surface area contributed by atoms with Gasteiger partial charge in [-0.15, -0.1) is 0 Å². The van der Waals surface area contributed by atoms with Gasteiger partial charge in [0.15, 0.2) is 0 Å². The Morgan fingerprint density at radius 2 is 1.38 bits per heavy atom. The largest absolute Gasteiger partial charge is 0.489 e. The molecule has 0 aliphatic carbocycles. The van der Waals surface area contributed by atoms with Gasteiger partial charge in [0, 0.05) is 24.9 Å². The van der Waals surface area contributed by atoms with Gasteiger partial charge in [-0.1, -0.05) is 103 Å². The van der Waals surface area contributed by atoms with Crippen LogP contribution in [0.2, 0.25) is 0 Å². The molecule has 4 N–H and O–H groups in total. The smallest absolute Gasteiger partial charge is 0.408 e. The average Bonchev–Trinajstić information content (AvgIpc) is 3.64. The molecular weight excluding hydrogens is 606 g/mol. The quantitative estimate of drug-likeness (QED) is 0.132. The van der Waals surface area contributed by atoms with Crippen molar-refractivity contribution in [2.24, 2.45) is 5.73 Å². The predicted octanol–water partition coefficient (Wildman–Crippen LogP) is 5.34. The van der Waals surface area contributed by atoms with Crippen molar-refractivity contribution in [2.45, 2.75) is 51.1 Å². The fraction of sp³-hybridized carbons (Fsp3) is 0.211. The Morgan fingerprint density at radius 3 is 1.96 bits per heavy atom. The Bertz CT molecular complexity index is 1720. The van der Waals surface area contributed by atoms with Crippen molar-refractivity contribution >= 4 is 17.9 Å². The van der Waals surface area contributed by atoms with Gasteiger partial charge in [0.25, 0.3) is 0 Å². The summed E-state index contributed by atoms with van der Waals surface area (Å²) in [4.78, 5) is 49.0. The number of carbonyl (C=O) groups excluding carboxylic acids is 3. The number of rotatable bonds is 16. The molecule has 5 rings (SSSR count). The summed E-state index contributed by atoms with van der Waals surface area (Å²) in [6.45, 7) is 0.511. The van der Waals surface area contributed by atoms with Crippen molar-refractivity contribution in [3.8, 4) is 5.75 Å². The van der Waals surface area contributed by atoms with Gasteiger partial charge in [0.05, 0.1) is 6.33 Å². The van der Waals surface area contributed by atoms with Crippen LogP contribution in [0, 0.1) is 0 Å². The molecule has 2 atom stereocenters. The molecule has 1 unspecified atom stereocenters. The Morgan fingerprint density at radius 1 is 0.771 bits per heavy atom. The maximum atomic E-state index is 14.5. The molecule has 5 aromatic rings. The first kappa shape index (κ1) is 33.5. The van der Waals surface area contributed by atoms with Crippen molar-refractivity contribution in [2.75, 3.05) is 0 Å². The normalized spacial score (nSPS) is 12.0. The van der Waals surface area contributed by atoms with E-state index in [4.69, 9.17) is 15.2 Å². The van der Waals surface area contributed by atoms with Gasteiger partial charge < -0.3 is 30.4 Å². The zero-order chi connectivity index (χ0) is 33.6. The van der Waals surface area contributed by atoms with E-state index in [0.29, 0.717) is 30.9 Å². The second kappa shape index (κ2) is 17.1. The summed E-state index contributed by atoms with van der Waals surface area (Å²) in [6.07, 6.45) is 3.20. The number of hydrogen-bond donors (Lipinski definition) is 3. The third kappa shape index (κ3) is 10.1. The molecule has 4 aromatic carbocycles. The molecule has 0 saturated carbocycles. The number of imidazole rings is 1. The molecule has 48 heavy (non-hydrogen) atoms. The summed E-state index contributed by atoms with van der Waals surface area (Å²) in [7, 11) is 0. The maximum Gasteiger partial charge on any atom is 0.408 e. The van der Waals surface area contributed by atoms with E-state index in [2.05, 4.69) is 15.3 Å². The Labute approximate surface area is 279 Å². The summed E-state index contributed by atoms with van der Waals surface area (Å²) >= 11 is 0. The van der Waals surface area contributed by atoms with Gasteiger partial charge in [-0.05, 0) is 47.2 Å². The molecule has 0 aliphatic heterocycles. The molecule has 10 heteroatoms. The number of benzene rings is 4. The van der Waals surface area contributed by atoms with Crippen molar-refractivity contribution in [3.05, 3.63) is 156 Å². The van der Waals surface area contributed by atoms with Gasteiger partial charge in [0.1, 0.15) is 31.0 Å². The van der Waals surface area contributed by atoms with Gasteiger partial charge in [-0.3, -0.25) is 9.59 Å². The van der Waals surface area contributed by atoms with Gasteiger partial charge in [-0.25, -0.2) is 9.78 Å². The van der Waals surface area contributed by atoms with Crippen LogP contribution in [0.4, 0.5) is 4.79 Å². The van der Waals surface area contributed by atoms with E-state index in [1.165, 1.54) is 11.2 Å². The first-order chi connectivity index (χ1) is 23.4. The van der Waals surface area contributed by atoms with Crippen molar-refractivity contribution < 1.29 is 23.9 Å². The number of aromatic amines is 1. The Balaban J connectivity index is 1.37. The number of carbonyl (C=O) groups is 3. The zero-order valence-electron chi connectivity index (χ0n) is 26.5. The highest BCUT2D eigenvalue weighted by atomic mass is 16.5. The SMILES string of the molecule is NC(=O)C(CCc1ccccc1)N(Cc1ccc(OCc2ccccc2)cc1)C(=O)[C@H](Cc1cnc[nH]1)NC(=O)OCc1ccccc1. The molecular formula is C38H39N5O5. The highest BCUT2D eigenvalue weighted by molar-refractivity contribution is 5.91. The fourth-order valence-electron chi connectivity index (χ4n) is 5.29. The van der Waals surface area contributed by atoms with E-state index >= 15 is 0 Å². The van der Waals surface area contributed by atoms with Crippen molar-refractivity contribution in [1.82, 2.24) is 20.2 Å². The minimum absolute atomic E-state index is 0.0288. The lowest BCUT2D eigenvalue weighted by Gasteiger charge is -2.33. The molecule has 0 bridgehead atoms. The number of nitrogens with one attached hydrogen (secondary N) is 2. The van der Waals surface area contributed by atoms with Crippen LogP contribution in [0.1, 0.15) is 34.4 Å². The average molecular weight is 646 g/mol. The number of H-pyrrole nitrogens is 1. The van der Waals surface area contributed by atoms with Gasteiger partial charge >= 0.3 is 6.09 Å². The molecule has 1 aromatic heterocycles. The van der Waals surface area contributed by atoms with Crippen molar-refractivity contribution in [3.63, 3.8) is 0 Å². The number of nitrogens with two attached hydrogens (primary N) is 1. The molecule has 0 radical (unpaired) electrons. The first-order valence-electron chi connectivity index (χ1n) is 15.8. The second-order valence-electron chi connectivity index (χ2n) is 11.4. The Kier molecular flexibility index (Phi) is 11.9. The molecule has 1 heterocycles. The van der Waals surface area contributed by atoms with Crippen molar-refractivity contribution in [1.29, 1.82) is 0 Å². The fourth-order valence-corrected chi connectivity index (χ4v) is 5.29. The van der Waals surface area contributed by atoms with Gasteiger partial charge in [0.2, 0.25) is 11.8 Å². The standard InChI is InChI=1S/C38H39N5O5/c39-36(44)35(21-18-28-10-4-1-5-11-28)43(24-29-16-19-33(20-17-29)47-25-30-12-6-2-7-13-30)37(45)34(22-32-23-40-27-41-32)42-38(46)48-26-31-14-8-3-9-15-31/h1-17,19-20,23,27,34-35H,18,21-22,24-26H2,(H2,39,44)(H,40,41)(H,42,46)/t34-,35?/m0/s1. The molecule has 10 nitrogen and oxygen atoms in total. The summed E-state index contributed by atoms with van der Waals surface area (Å²) in [6, 6.07) is 34.1.